The zero-order chi connectivity index (χ0) is 15.6. The van der Waals surface area contributed by atoms with Gasteiger partial charge in [0.05, 0.1) is 5.52 Å². The lowest BCUT2D eigenvalue weighted by Gasteiger charge is -2.06. The van der Waals surface area contributed by atoms with Crippen molar-refractivity contribution in [3.63, 3.8) is 0 Å². The van der Waals surface area contributed by atoms with Crippen LogP contribution in [0.1, 0.15) is 0 Å². The van der Waals surface area contributed by atoms with Gasteiger partial charge in [0.1, 0.15) is 23.2 Å². The average molecular weight is 325 g/mol. The van der Waals surface area contributed by atoms with Crippen LogP contribution in [-0.2, 0) is 7.05 Å². The summed E-state index contributed by atoms with van der Waals surface area (Å²) in [7, 11) is 1.85. The molecule has 114 valence electrons. The Hall–Kier alpha value is -3.01. The third-order valence-electron chi connectivity index (χ3n) is 3.01. The van der Waals surface area contributed by atoms with Crippen LogP contribution < -0.4 is 5.32 Å². The first kappa shape index (κ1) is 13.6. The predicted molar refractivity (Wildman–Crippen MR) is 84.3 cm³/mol. The van der Waals surface area contributed by atoms with Gasteiger partial charge in [-0.2, -0.15) is 10.2 Å². The normalized spacial score (nSPS) is 11.0. The predicted octanol–water partition coefficient (Wildman–Crippen LogP) is 1.77. The van der Waals surface area contributed by atoms with E-state index in [1.807, 2.05) is 31.4 Å². The number of rotatable bonds is 4. The molecule has 2 N–H and O–H groups in total. The number of aromatic amines is 1. The molecule has 4 aromatic heterocycles. The Bertz CT molecular complexity index is 947. The summed E-state index contributed by atoms with van der Waals surface area (Å²) in [6.07, 6.45) is 4.81. The quantitative estimate of drug-likeness (QED) is 0.584. The Kier molecular flexibility index (Phi) is 3.35. The summed E-state index contributed by atoms with van der Waals surface area (Å²) >= 11 is 1.38. The number of nitrogens with one attached hydrogen (secondary N) is 2. The maximum absolute atomic E-state index is 4.61. The molecular weight excluding hydrogens is 314 g/mol. The van der Waals surface area contributed by atoms with Crippen LogP contribution in [0.2, 0.25) is 0 Å². The summed E-state index contributed by atoms with van der Waals surface area (Å²) in [5.74, 6) is 1.30. The monoisotopic (exact) mass is 325 g/mol. The summed E-state index contributed by atoms with van der Waals surface area (Å²) in [6, 6.07) is 5.64. The van der Waals surface area contributed by atoms with Crippen LogP contribution in [0.25, 0.3) is 11.0 Å². The Morgan fingerprint density at radius 3 is 2.87 bits per heavy atom. The van der Waals surface area contributed by atoms with E-state index in [0.29, 0.717) is 22.3 Å². The molecule has 4 rings (SSSR count). The minimum absolute atomic E-state index is 0.605. The van der Waals surface area contributed by atoms with Gasteiger partial charge in [-0.3, -0.25) is 9.78 Å². The van der Waals surface area contributed by atoms with Crippen molar-refractivity contribution >= 4 is 34.4 Å². The van der Waals surface area contributed by atoms with E-state index in [0.717, 1.165) is 10.5 Å². The second-order valence-corrected chi connectivity index (χ2v) is 5.64. The smallest absolute Gasteiger partial charge is 0.189 e. The molecule has 0 atom stereocenters. The van der Waals surface area contributed by atoms with E-state index in [1.165, 1.54) is 24.4 Å². The number of H-pyrrole nitrogens is 1. The molecule has 0 bridgehead atoms. The van der Waals surface area contributed by atoms with Gasteiger partial charge in [-0.25, -0.2) is 19.9 Å². The van der Waals surface area contributed by atoms with Gasteiger partial charge >= 0.3 is 0 Å². The molecule has 0 aromatic carbocycles. The fraction of sp³-hybridized carbons (Fsp3) is 0.0769. The second kappa shape index (κ2) is 5.65. The Morgan fingerprint density at radius 1 is 1.13 bits per heavy atom. The first-order valence-electron chi connectivity index (χ1n) is 6.69. The van der Waals surface area contributed by atoms with Crippen molar-refractivity contribution in [3.05, 3.63) is 37.1 Å². The summed E-state index contributed by atoms with van der Waals surface area (Å²) in [4.78, 5) is 17.2. The van der Waals surface area contributed by atoms with E-state index in [1.54, 1.807) is 4.68 Å². The molecule has 0 aliphatic carbocycles. The molecule has 23 heavy (non-hydrogen) atoms. The third kappa shape index (κ3) is 2.83. The lowest BCUT2D eigenvalue weighted by molar-refractivity contribution is 0.771. The molecule has 0 aliphatic rings. The van der Waals surface area contributed by atoms with Crippen molar-refractivity contribution < 1.29 is 0 Å². The lowest BCUT2D eigenvalue weighted by Crippen LogP contribution is -1.99. The number of aromatic nitrogens is 8. The highest BCUT2D eigenvalue weighted by atomic mass is 32.2. The number of hydrogen-bond donors (Lipinski definition) is 2. The van der Waals surface area contributed by atoms with Crippen LogP contribution in [0, 0.1) is 0 Å². The van der Waals surface area contributed by atoms with Crippen LogP contribution in [0.3, 0.4) is 0 Å². The minimum atomic E-state index is 0.605. The maximum Gasteiger partial charge on any atom is 0.189 e. The molecule has 0 saturated heterocycles. The molecule has 0 aliphatic heterocycles. The third-order valence-corrected chi connectivity index (χ3v) is 3.84. The molecule has 0 radical (unpaired) electrons. The van der Waals surface area contributed by atoms with Crippen molar-refractivity contribution in [2.24, 2.45) is 7.05 Å². The standard InChI is InChI=1S/C13H11N9S/c1-22-5-4-9(21-22)18-12-11-8(14-6-15-12)2-3-10(19-11)23-13-16-7-17-20-13/h2-7H,1H3,(H,16,17,20)(H,14,15,18,21). The van der Waals surface area contributed by atoms with Gasteiger partial charge in [-0.05, 0) is 23.9 Å². The molecule has 0 spiro atoms. The SMILES string of the molecule is Cn1ccc(Nc2ncnc3ccc(Sc4ncn[nH]4)nc23)n1. The van der Waals surface area contributed by atoms with Gasteiger partial charge in [-0.15, -0.1) is 0 Å². The fourth-order valence-corrected chi connectivity index (χ4v) is 2.69. The van der Waals surface area contributed by atoms with Crippen LogP contribution in [-0.4, -0.2) is 39.9 Å². The molecule has 0 unspecified atom stereocenters. The van der Waals surface area contributed by atoms with Gasteiger partial charge in [0.15, 0.2) is 16.8 Å². The molecule has 9 nitrogen and oxygen atoms in total. The van der Waals surface area contributed by atoms with E-state index in [2.05, 4.69) is 40.5 Å². The van der Waals surface area contributed by atoms with E-state index >= 15 is 0 Å². The van der Waals surface area contributed by atoms with Crippen molar-refractivity contribution in [2.45, 2.75) is 10.2 Å². The van der Waals surface area contributed by atoms with Crippen molar-refractivity contribution in [1.82, 2.24) is 39.9 Å². The number of hydrogen-bond acceptors (Lipinski definition) is 8. The number of nitrogens with zero attached hydrogens (tertiary/aromatic N) is 7. The van der Waals surface area contributed by atoms with E-state index < -0.39 is 0 Å². The Morgan fingerprint density at radius 2 is 2.09 bits per heavy atom. The van der Waals surface area contributed by atoms with Crippen molar-refractivity contribution in [1.29, 1.82) is 0 Å². The van der Waals surface area contributed by atoms with Gasteiger partial charge in [-0.1, -0.05) is 0 Å². The molecule has 4 heterocycles. The highest BCUT2D eigenvalue weighted by Gasteiger charge is 2.09. The lowest BCUT2D eigenvalue weighted by atomic mass is 10.3. The zero-order valence-corrected chi connectivity index (χ0v) is 12.8. The number of pyridine rings is 1. The van der Waals surface area contributed by atoms with E-state index in [4.69, 9.17) is 0 Å². The second-order valence-electron chi connectivity index (χ2n) is 4.63. The molecular formula is C13H11N9S. The largest absolute Gasteiger partial charge is 0.322 e. The number of aryl methyl sites for hydroxylation is 1. The van der Waals surface area contributed by atoms with E-state index in [-0.39, 0.29) is 0 Å². The Balaban J connectivity index is 1.71. The highest BCUT2D eigenvalue weighted by molar-refractivity contribution is 7.99. The molecule has 0 fully saturated rings. The van der Waals surface area contributed by atoms with Gasteiger partial charge in [0.2, 0.25) is 0 Å². The summed E-state index contributed by atoms with van der Waals surface area (Å²) in [5.41, 5.74) is 1.42. The number of anilines is 2. The Labute approximate surface area is 134 Å². The first-order chi connectivity index (χ1) is 11.3. The van der Waals surface area contributed by atoms with Crippen LogP contribution in [0.15, 0.2) is 47.2 Å². The van der Waals surface area contributed by atoms with Gasteiger partial charge < -0.3 is 5.32 Å². The minimum Gasteiger partial charge on any atom is -0.322 e. The van der Waals surface area contributed by atoms with Crippen molar-refractivity contribution in [3.8, 4) is 0 Å². The summed E-state index contributed by atoms with van der Waals surface area (Å²) in [6.45, 7) is 0. The zero-order valence-electron chi connectivity index (χ0n) is 12.0. The van der Waals surface area contributed by atoms with Crippen molar-refractivity contribution in [2.75, 3.05) is 5.32 Å². The summed E-state index contributed by atoms with van der Waals surface area (Å²) < 4.78 is 1.71. The van der Waals surface area contributed by atoms with Gasteiger partial charge in [0, 0.05) is 19.3 Å². The molecule has 0 amide bonds. The first-order valence-corrected chi connectivity index (χ1v) is 7.51. The van der Waals surface area contributed by atoms with Gasteiger partial charge in [0.25, 0.3) is 0 Å². The topological polar surface area (TPSA) is 110 Å². The van der Waals surface area contributed by atoms with E-state index in [9.17, 15) is 0 Å². The number of fused-ring (bicyclic) bond motifs is 1. The molecule has 0 saturated carbocycles. The van der Waals surface area contributed by atoms with Crippen LogP contribution in [0.4, 0.5) is 11.6 Å². The van der Waals surface area contributed by atoms with Crippen LogP contribution >= 0.6 is 11.8 Å². The molecule has 4 aromatic rings. The van der Waals surface area contributed by atoms with Crippen LogP contribution in [0.5, 0.6) is 0 Å². The highest BCUT2D eigenvalue weighted by Crippen LogP contribution is 2.26. The summed E-state index contributed by atoms with van der Waals surface area (Å²) in [5, 5.41) is 15.5. The maximum atomic E-state index is 4.61. The average Bonchev–Trinajstić information content (AvgIpc) is 3.20. The fourth-order valence-electron chi connectivity index (χ4n) is 2.02. The molecule has 10 heteroatoms.